The number of hydrogen-bond acceptors (Lipinski definition) is 12. The lowest BCUT2D eigenvalue weighted by atomic mass is 9.98. The minimum atomic E-state index is -5.06. The Labute approximate surface area is 188 Å². The maximum Gasteiger partial charge on any atom is 0.430 e. The average Bonchev–Trinajstić information content (AvgIpc) is 2.70. The Morgan fingerprint density at radius 3 is 2.21 bits per heavy atom. The second-order valence-electron chi connectivity index (χ2n) is 5.79. The number of esters is 1. The summed E-state index contributed by atoms with van der Waals surface area (Å²) in [5, 5.41) is 44.5. The molecule has 1 aliphatic rings. The van der Waals surface area contributed by atoms with E-state index in [1.807, 2.05) is 0 Å². The van der Waals surface area contributed by atoms with Crippen LogP contribution in [0.2, 0.25) is 5.02 Å². The number of nitrogens with two attached hydrogens (primary N) is 2. The van der Waals surface area contributed by atoms with Crippen molar-refractivity contribution in [2.24, 2.45) is 11.8 Å². The van der Waals surface area contributed by atoms with E-state index in [9.17, 15) is 38.1 Å². The molecule has 33 heavy (non-hydrogen) atoms. The number of carbonyl (C=O) groups is 2. The third-order valence-corrected chi connectivity index (χ3v) is 3.61. The van der Waals surface area contributed by atoms with Crippen molar-refractivity contribution in [2.75, 3.05) is 20.4 Å². The zero-order valence-corrected chi connectivity index (χ0v) is 17.4. The standard InChI is InChI=1S/C13H11ClF3NO7.C3H7NO2.H3NO/c14-6-1-5-2-7(11(19)23-4-24-18)10(12(15,16)17)25-9(5)8(3-6)13(20,21)22;1-4-2-3(5)6;1-2/h1-3,10,20-22H,4,18H2;4H,2H2,1H3,(H,5,6);2H,1H2. The molecule has 0 radical (unpaired) electrons. The summed E-state index contributed by atoms with van der Waals surface area (Å²) in [5.41, 5.74) is -2.01. The maximum absolute atomic E-state index is 13.2. The van der Waals surface area contributed by atoms with E-state index in [1.165, 1.54) is 0 Å². The van der Waals surface area contributed by atoms with Crippen LogP contribution in [0, 0.1) is 0 Å². The third-order valence-electron chi connectivity index (χ3n) is 3.39. The molecular weight excluding hydrogens is 487 g/mol. The highest BCUT2D eigenvalue weighted by Gasteiger charge is 2.50. The highest BCUT2D eigenvalue weighted by Crippen LogP contribution is 2.42. The van der Waals surface area contributed by atoms with Crippen LogP contribution in [0.4, 0.5) is 13.2 Å². The van der Waals surface area contributed by atoms with Crippen LogP contribution in [0.1, 0.15) is 11.1 Å². The van der Waals surface area contributed by atoms with E-state index in [0.29, 0.717) is 0 Å². The molecule has 0 aliphatic carbocycles. The van der Waals surface area contributed by atoms with Crippen molar-refractivity contribution < 1.29 is 62.7 Å². The molecule has 1 unspecified atom stereocenters. The minimum Gasteiger partial charge on any atom is -0.480 e. The van der Waals surface area contributed by atoms with Crippen molar-refractivity contribution in [2.45, 2.75) is 18.3 Å². The Kier molecular flexibility index (Phi) is 12.2. The lowest BCUT2D eigenvalue weighted by molar-refractivity contribution is -0.324. The summed E-state index contributed by atoms with van der Waals surface area (Å²) >= 11 is 5.73. The van der Waals surface area contributed by atoms with Gasteiger partial charge in [-0.1, -0.05) is 11.6 Å². The van der Waals surface area contributed by atoms with Crippen LogP contribution < -0.4 is 21.8 Å². The molecule has 1 heterocycles. The molecule has 10 N–H and O–H groups in total. The molecule has 0 aromatic heterocycles. The van der Waals surface area contributed by atoms with Crippen molar-refractivity contribution in [1.29, 1.82) is 0 Å². The normalized spacial score (nSPS) is 14.9. The molecule has 0 saturated carbocycles. The number of likely N-dealkylation sites (N-methyl/N-ethyl adjacent to an activating group) is 1. The highest BCUT2D eigenvalue weighted by atomic mass is 35.5. The van der Waals surface area contributed by atoms with Gasteiger partial charge in [0, 0.05) is 10.6 Å². The molecule has 0 spiro atoms. The van der Waals surface area contributed by atoms with Gasteiger partial charge >= 0.3 is 24.1 Å². The van der Waals surface area contributed by atoms with E-state index in [2.05, 4.69) is 26.7 Å². The molecule has 188 valence electrons. The number of aliphatic carboxylic acids is 1. The van der Waals surface area contributed by atoms with Crippen molar-refractivity contribution >= 4 is 29.6 Å². The maximum atomic E-state index is 13.2. The van der Waals surface area contributed by atoms with E-state index >= 15 is 0 Å². The van der Waals surface area contributed by atoms with Gasteiger partial charge in [0.1, 0.15) is 5.75 Å². The summed E-state index contributed by atoms with van der Waals surface area (Å²) in [6, 6.07) is 1.89. The lowest BCUT2D eigenvalue weighted by Crippen LogP contribution is -2.42. The Morgan fingerprint density at radius 1 is 1.24 bits per heavy atom. The van der Waals surface area contributed by atoms with Gasteiger partial charge in [0.25, 0.3) is 0 Å². The Balaban J connectivity index is 0.00000111. The average molecular weight is 508 g/mol. The Morgan fingerprint density at radius 2 is 1.82 bits per heavy atom. The number of halogens is 4. The SMILES string of the molecule is CNCC(=O)O.NO.NOCOC(=O)C1=Cc2cc(Cl)cc(C(O)(O)O)c2OC1C(F)(F)F. The summed E-state index contributed by atoms with van der Waals surface area (Å²) in [6.07, 6.45) is -7.13. The zero-order valence-electron chi connectivity index (χ0n) is 16.7. The molecule has 1 aliphatic heterocycles. The second-order valence-corrected chi connectivity index (χ2v) is 6.22. The fourth-order valence-corrected chi connectivity index (χ4v) is 2.48. The van der Waals surface area contributed by atoms with Crippen LogP contribution in [0.15, 0.2) is 17.7 Å². The number of rotatable bonds is 6. The van der Waals surface area contributed by atoms with Crippen molar-refractivity contribution in [3.8, 4) is 5.75 Å². The summed E-state index contributed by atoms with van der Waals surface area (Å²) < 4.78 is 48.8. The number of benzene rings is 1. The molecule has 13 nitrogen and oxygen atoms in total. The molecular formula is C16H21ClF3N3O10. The Bertz CT molecular complexity index is 846. The first-order valence-corrected chi connectivity index (χ1v) is 8.67. The van der Waals surface area contributed by atoms with E-state index in [0.717, 1.165) is 18.2 Å². The summed E-state index contributed by atoms with van der Waals surface area (Å²) in [4.78, 5) is 25.3. The molecule has 0 saturated heterocycles. The number of nitrogens with one attached hydrogen (secondary N) is 1. The molecule has 17 heteroatoms. The number of carbonyl (C=O) groups excluding carboxylic acids is 1. The quantitative estimate of drug-likeness (QED) is 0.133. The third kappa shape index (κ3) is 9.46. The van der Waals surface area contributed by atoms with Gasteiger partial charge in [0.2, 0.25) is 12.9 Å². The van der Waals surface area contributed by atoms with Gasteiger partial charge in [-0.15, -0.1) is 0 Å². The van der Waals surface area contributed by atoms with Gasteiger partial charge in [0.05, 0.1) is 17.7 Å². The highest BCUT2D eigenvalue weighted by molar-refractivity contribution is 6.31. The first-order valence-electron chi connectivity index (χ1n) is 8.29. The van der Waals surface area contributed by atoms with Crippen molar-refractivity contribution in [3.63, 3.8) is 0 Å². The smallest absolute Gasteiger partial charge is 0.430 e. The summed E-state index contributed by atoms with van der Waals surface area (Å²) in [5.74, 6) is 1.65. The van der Waals surface area contributed by atoms with Gasteiger partial charge in [-0.05, 0) is 25.3 Å². The molecule has 0 bridgehead atoms. The van der Waals surface area contributed by atoms with Crippen molar-refractivity contribution in [1.82, 2.24) is 5.32 Å². The molecule has 1 aromatic carbocycles. The number of hydrogen-bond donors (Lipinski definition) is 8. The molecule has 2 rings (SSSR count). The molecule has 0 fully saturated rings. The first-order chi connectivity index (χ1) is 15.2. The van der Waals surface area contributed by atoms with Gasteiger partial charge in [-0.25, -0.2) is 16.6 Å². The first kappa shape index (κ1) is 30.5. The van der Waals surface area contributed by atoms with Crippen LogP contribution in [0.5, 0.6) is 5.75 Å². The summed E-state index contributed by atoms with van der Waals surface area (Å²) in [7, 11) is 1.59. The molecule has 1 atom stereocenters. The number of carboxylic acids is 1. The van der Waals surface area contributed by atoms with E-state index < -0.39 is 53.9 Å². The fourth-order valence-electron chi connectivity index (χ4n) is 2.26. The van der Waals surface area contributed by atoms with E-state index in [4.69, 9.17) is 26.7 Å². The van der Waals surface area contributed by atoms with E-state index in [-0.39, 0.29) is 17.1 Å². The van der Waals surface area contributed by atoms with Gasteiger partial charge in [0.15, 0.2) is 0 Å². The predicted molar refractivity (Wildman–Crippen MR) is 102 cm³/mol. The topological polar surface area (TPSA) is 227 Å². The van der Waals surface area contributed by atoms with Gasteiger partial charge < -0.3 is 40.4 Å². The second kappa shape index (κ2) is 13.2. The molecule has 1 aromatic rings. The lowest BCUT2D eigenvalue weighted by Gasteiger charge is -2.30. The van der Waals surface area contributed by atoms with Crippen LogP contribution in [-0.4, -0.2) is 70.2 Å². The van der Waals surface area contributed by atoms with Crippen LogP contribution >= 0.6 is 11.6 Å². The van der Waals surface area contributed by atoms with E-state index in [1.54, 1.807) is 7.05 Å². The Hall–Kier alpha value is -2.54. The number of alkyl halides is 3. The summed E-state index contributed by atoms with van der Waals surface area (Å²) in [6.45, 7) is -0.762. The van der Waals surface area contributed by atoms with Crippen LogP contribution in [0.3, 0.4) is 0 Å². The fraction of sp³-hybridized carbons (Fsp3) is 0.375. The van der Waals surface area contributed by atoms with Crippen LogP contribution in [0.25, 0.3) is 6.08 Å². The van der Waals surface area contributed by atoms with Crippen LogP contribution in [-0.2, 0) is 25.1 Å². The molecule has 0 amide bonds. The van der Waals surface area contributed by atoms with Crippen molar-refractivity contribution in [3.05, 3.63) is 33.9 Å². The largest absolute Gasteiger partial charge is 0.480 e. The minimum absolute atomic E-state index is 0.0417. The predicted octanol–water partition coefficient (Wildman–Crippen LogP) is -0.850. The number of carboxylic acid groups (broad SMARTS) is 1. The number of aliphatic hydroxyl groups is 3. The number of ether oxygens (including phenoxy) is 2. The monoisotopic (exact) mass is 507 g/mol. The van der Waals surface area contributed by atoms with Gasteiger partial charge in [-0.3, -0.25) is 9.63 Å². The number of fused-ring (bicyclic) bond motifs is 1. The van der Waals surface area contributed by atoms with Gasteiger partial charge in [-0.2, -0.15) is 13.2 Å². The zero-order chi connectivity index (χ0) is 26.0.